The highest BCUT2D eigenvalue weighted by Gasteiger charge is 2.43. The van der Waals surface area contributed by atoms with E-state index >= 15 is 0 Å². The fraction of sp³-hybridized carbons (Fsp3) is 0.214. The lowest BCUT2D eigenvalue weighted by Gasteiger charge is -2.21. The van der Waals surface area contributed by atoms with E-state index in [1.807, 2.05) is 6.08 Å². The summed E-state index contributed by atoms with van der Waals surface area (Å²) in [6, 6.07) is 4.47. The molecular weight excluding hydrogens is 561 g/mol. The van der Waals surface area contributed by atoms with Crippen molar-refractivity contribution in [3.05, 3.63) is 89.4 Å². The van der Waals surface area contributed by atoms with Crippen molar-refractivity contribution >= 4 is 28.5 Å². The fourth-order valence-corrected chi connectivity index (χ4v) is 3.58. The van der Waals surface area contributed by atoms with Crippen molar-refractivity contribution in [3.8, 4) is 11.5 Å². The molecule has 3 aromatic rings. The lowest BCUT2D eigenvalue weighted by Crippen LogP contribution is -2.25. The van der Waals surface area contributed by atoms with Crippen LogP contribution in [0.15, 0.2) is 72.7 Å². The molecule has 0 spiro atoms. The van der Waals surface area contributed by atoms with Crippen LogP contribution < -0.4 is 10.1 Å². The summed E-state index contributed by atoms with van der Waals surface area (Å²) in [7, 11) is 0. The van der Waals surface area contributed by atoms with Crippen LogP contribution in [0.5, 0.6) is 11.5 Å². The monoisotopic (exact) mass is 584 g/mol. The highest BCUT2D eigenvalue weighted by molar-refractivity contribution is 6.37. The molecule has 0 saturated carbocycles. The number of H-pyrrole nitrogens is 1. The molecule has 1 heterocycles. The number of aromatic amines is 1. The Balaban J connectivity index is 0.000000496. The summed E-state index contributed by atoms with van der Waals surface area (Å²) in [6.07, 6.45) is 0.223. The third-order valence-corrected chi connectivity index (χ3v) is 5.44. The number of anilines is 1. The van der Waals surface area contributed by atoms with Gasteiger partial charge in [0.25, 0.3) is 0 Å². The molecule has 2 N–H and O–H groups in total. The lowest BCUT2D eigenvalue weighted by atomic mass is 10.1. The smallest absolute Gasteiger partial charge is 0.420 e. The first kappa shape index (κ1) is 31.0. The van der Waals surface area contributed by atoms with E-state index in [9.17, 15) is 40.3 Å². The topological polar surface area (TPSA) is 80.4 Å². The van der Waals surface area contributed by atoms with E-state index in [0.717, 1.165) is 6.42 Å². The van der Waals surface area contributed by atoms with E-state index in [-0.39, 0.29) is 30.3 Å². The molecule has 0 saturated heterocycles. The minimum absolute atomic E-state index is 0.168. The Morgan fingerprint density at radius 2 is 1.66 bits per heavy atom. The van der Waals surface area contributed by atoms with Crippen LogP contribution in [-0.4, -0.2) is 23.5 Å². The van der Waals surface area contributed by atoms with Crippen molar-refractivity contribution in [2.24, 2.45) is 0 Å². The number of rotatable bonds is 4. The van der Waals surface area contributed by atoms with E-state index in [0.29, 0.717) is 16.5 Å². The number of aromatic nitrogens is 1. The number of halogens is 7. The van der Waals surface area contributed by atoms with Gasteiger partial charge >= 0.3 is 24.2 Å². The molecule has 0 bridgehead atoms. The highest BCUT2D eigenvalue weighted by Crippen LogP contribution is 2.47. The zero-order chi connectivity index (χ0) is 30.4. The minimum atomic E-state index is -5.28. The summed E-state index contributed by atoms with van der Waals surface area (Å²) in [5.74, 6) is -4.91. The number of hydrogen-bond acceptors (Lipinski definition) is 4. The Morgan fingerprint density at radius 3 is 2.27 bits per heavy atom. The number of aryl methyl sites for hydroxylation is 1. The second-order valence-electron chi connectivity index (χ2n) is 8.47. The van der Waals surface area contributed by atoms with Crippen LogP contribution in [0.1, 0.15) is 30.0 Å². The van der Waals surface area contributed by atoms with Crippen molar-refractivity contribution in [1.82, 2.24) is 4.98 Å². The number of alkyl halides is 6. The number of carbonyl (C=O) groups excluding carboxylic acids is 2. The van der Waals surface area contributed by atoms with Crippen LogP contribution in [0.4, 0.5) is 36.4 Å². The van der Waals surface area contributed by atoms with E-state index in [1.165, 1.54) is 37.3 Å². The third kappa shape index (κ3) is 8.22. The molecular formula is C28H23F7N2O4. The first-order valence-corrected chi connectivity index (χ1v) is 12.0. The molecule has 13 heteroatoms. The van der Waals surface area contributed by atoms with Gasteiger partial charge in [0.2, 0.25) is 0 Å². The van der Waals surface area contributed by atoms with Gasteiger partial charge in [0.15, 0.2) is 5.75 Å². The van der Waals surface area contributed by atoms with Crippen LogP contribution in [0.2, 0.25) is 0 Å². The fourth-order valence-electron chi connectivity index (χ4n) is 3.58. The van der Waals surface area contributed by atoms with Gasteiger partial charge in [-0.25, -0.2) is 9.18 Å². The molecule has 1 aliphatic carbocycles. The molecule has 1 aliphatic rings. The number of amides is 1. The lowest BCUT2D eigenvalue weighted by molar-refractivity contribution is -0.152. The van der Waals surface area contributed by atoms with E-state index < -0.39 is 46.8 Å². The molecule has 0 unspecified atom stereocenters. The summed E-state index contributed by atoms with van der Waals surface area (Å²) in [6.45, 7) is 2.85. The predicted molar refractivity (Wildman–Crippen MR) is 137 cm³/mol. The number of nitrogens with one attached hydrogen (secondary N) is 2. The maximum absolute atomic E-state index is 13.7. The molecule has 6 nitrogen and oxygen atoms in total. The van der Waals surface area contributed by atoms with Crippen LogP contribution in [0.25, 0.3) is 10.9 Å². The summed E-state index contributed by atoms with van der Waals surface area (Å²) in [4.78, 5) is 26.1. The number of allylic oxidation sites excluding steroid dienone is 6. The zero-order valence-electron chi connectivity index (χ0n) is 21.5. The Hall–Kier alpha value is -4.55. The van der Waals surface area contributed by atoms with Gasteiger partial charge in [0, 0.05) is 22.8 Å². The molecule has 41 heavy (non-hydrogen) atoms. The van der Waals surface area contributed by atoms with Crippen molar-refractivity contribution in [2.45, 2.75) is 32.6 Å². The second-order valence-corrected chi connectivity index (χ2v) is 8.47. The minimum Gasteiger partial charge on any atom is -0.459 e. The predicted octanol–water partition coefficient (Wildman–Crippen LogP) is 8.16. The number of benzene rings is 2. The standard InChI is InChI=1S/C21H16F6N2O4.C7H7F/c1-3-32-19(31)18(30)29-11-6-14(20(22,23)24)17(15(7-11)21(25,26)27)33-12-4-5-16-13(8-12)10(2)9-28-16;8-7-5-3-1-2-4-6-7/h4-9,28H,3H2,1-2H3,(H,29,30);1,3-6H,2H2. The van der Waals surface area contributed by atoms with Gasteiger partial charge in [-0.2, -0.15) is 26.3 Å². The number of ether oxygens (including phenoxy) is 2. The molecule has 0 atom stereocenters. The van der Waals surface area contributed by atoms with Gasteiger partial charge < -0.3 is 19.8 Å². The number of fused-ring (bicyclic) bond motifs is 1. The second kappa shape index (κ2) is 12.7. The largest absolute Gasteiger partial charge is 0.459 e. The Morgan fingerprint density at radius 1 is 1.00 bits per heavy atom. The van der Waals surface area contributed by atoms with Crippen molar-refractivity contribution in [1.29, 1.82) is 0 Å². The summed E-state index contributed by atoms with van der Waals surface area (Å²) in [5.41, 5.74) is -3.16. The maximum Gasteiger partial charge on any atom is 0.420 e. The van der Waals surface area contributed by atoms with Gasteiger partial charge in [-0.3, -0.25) is 4.79 Å². The average molecular weight is 584 g/mol. The highest BCUT2D eigenvalue weighted by atomic mass is 19.4. The van der Waals surface area contributed by atoms with Crippen LogP contribution >= 0.6 is 0 Å². The number of esters is 1. The summed E-state index contributed by atoms with van der Waals surface area (Å²) in [5, 5.41) is 2.25. The number of carbonyl (C=O) groups is 2. The molecule has 2 aromatic carbocycles. The first-order valence-electron chi connectivity index (χ1n) is 12.0. The molecule has 1 amide bonds. The number of hydrogen-bond donors (Lipinski definition) is 2. The van der Waals surface area contributed by atoms with Crippen molar-refractivity contribution in [3.63, 3.8) is 0 Å². The molecule has 0 fully saturated rings. The normalized spacial score (nSPS) is 13.1. The molecule has 4 rings (SSSR count). The maximum atomic E-state index is 13.7. The van der Waals surface area contributed by atoms with Crippen molar-refractivity contribution in [2.75, 3.05) is 11.9 Å². The SMILES string of the molecule is CCOC(=O)C(=O)Nc1cc(C(F)(F)F)c(Oc2ccc3[nH]cc(C)c3c2)c(C(F)(F)F)c1.FC1=CC=CCC=C1. The van der Waals surface area contributed by atoms with Crippen molar-refractivity contribution < 1.29 is 49.8 Å². The Kier molecular flexibility index (Phi) is 9.63. The van der Waals surface area contributed by atoms with Gasteiger partial charge in [-0.15, -0.1) is 0 Å². The summed E-state index contributed by atoms with van der Waals surface area (Å²) < 4.78 is 104. The first-order chi connectivity index (χ1) is 19.2. The van der Waals surface area contributed by atoms with Gasteiger partial charge in [0.05, 0.1) is 6.61 Å². The van der Waals surface area contributed by atoms with Crippen LogP contribution in [-0.2, 0) is 26.7 Å². The Labute approximate surface area is 229 Å². The van der Waals surface area contributed by atoms with Gasteiger partial charge in [-0.05, 0) is 68.3 Å². The quantitative estimate of drug-likeness (QED) is 0.184. The third-order valence-electron chi connectivity index (χ3n) is 5.44. The Bertz CT molecular complexity index is 1480. The summed E-state index contributed by atoms with van der Waals surface area (Å²) >= 11 is 0. The molecule has 218 valence electrons. The van der Waals surface area contributed by atoms with Gasteiger partial charge in [-0.1, -0.05) is 18.2 Å². The van der Waals surface area contributed by atoms with E-state index in [2.05, 4.69) is 9.72 Å². The molecule has 0 radical (unpaired) electrons. The molecule has 0 aliphatic heterocycles. The van der Waals surface area contributed by atoms with Crippen LogP contribution in [0.3, 0.4) is 0 Å². The van der Waals surface area contributed by atoms with E-state index in [1.54, 1.807) is 30.6 Å². The zero-order valence-corrected chi connectivity index (χ0v) is 21.5. The van der Waals surface area contributed by atoms with Gasteiger partial charge in [0.1, 0.15) is 22.7 Å². The average Bonchev–Trinajstić information content (AvgIpc) is 3.08. The van der Waals surface area contributed by atoms with Crippen LogP contribution in [0, 0.1) is 6.92 Å². The molecule has 1 aromatic heterocycles. The van der Waals surface area contributed by atoms with E-state index in [4.69, 9.17) is 4.74 Å².